The topological polar surface area (TPSA) is 70.3 Å². The van der Waals surface area contributed by atoms with E-state index in [1.165, 1.54) is 0 Å². The van der Waals surface area contributed by atoms with Crippen molar-refractivity contribution in [2.24, 2.45) is 7.05 Å². The first-order valence-corrected chi connectivity index (χ1v) is 5.46. The van der Waals surface area contributed by atoms with Crippen molar-refractivity contribution in [3.05, 3.63) is 10.4 Å². The van der Waals surface area contributed by atoms with Gasteiger partial charge >= 0.3 is 0 Å². The molecule has 90 valence electrons. The van der Waals surface area contributed by atoms with Crippen LogP contribution in [0.5, 0.6) is 0 Å². The van der Waals surface area contributed by atoms with Gasteiger partial charge in [0.25, 0.3) is 5.56 Å². The number of aryl methyl sites for hydroxylation is 1. The standard InChI is InChI=1S/C10H19N5O/c1-13(2)7-4-5-15(6-7)10-8(11)9(16)12-14(10)3/h7H,4-6,11H2,1-3H3,(H,12,16). The Hall–Kier alpha value is -1.43. The third-order valence-corrected chi connectivity index (χ3v) is 3.27. The molecule has 2 rings (SSSR count). The first-order valence-electron chi connectivity index (χ1n) is 5.46. The molecular weight excluding hydrogens is 206 g/mol. The van der Waals surface area contributed by atoms with E-state index >= 15 is 0 Å². The van der Waals surface area contributed by atoms with Gasteiger partial charge in [-0.15, -0.1) is 0 Å². The van der Waals surface area contributed by atoms with E-state index in [2.05, 4.69) is 29.0 Å². The summed E-state index contributed by atoms with van der Waals surface area (Å²) in [7, 11) is 5.97. The number of hydrogen-bond donors (Lipinski definition) is 2. The summed E-state index contributed by atoms with van der Waals surface area (Å²) in [4.78, 5) is 15.8. The van der Waals surface area contributed by atoms with Crippen molar-refractivity contribution in [2.75, 3.05) is 37.8 Å². The number of rotatable bonds is 2. The van der Waals surface area contributed by atoms with Crippen molar-refractivity contribution in [3.8, 4) is 0 Å². The molecule has 6 nitrogen and oxygen atoms in total. The monoisotopic (exact) mass is 225 g/mol. The highest BCUT2D eigenvalue weighted by Crippen LogP contribution is 2.24. The normalized spacial score (nSPS) is 21.0. The SMILES string of the molecule is CN(C)C1CCN(c2c(N)c(=O)[nH]n2C)C1. The second-order valence-corrected chi connectivity index (χ2v) is 4.59. The molecule has 0 radical (unpaired) electrons. The molecule has 1 atom stereocenters. The Kier molecular flexibility index (Phi) is 2.67. The third kappa shape index (κ3) is 1.69. The van der Waals surface area contributed by atoms with E-state index in [-0.39, 0.29) is 5.56 Å². The van der Waals surface area contributed by atoms with Crippen LogP contribution in [0.3, 0.4) is 0 Å². The van der Waals surface area contributed by atoms with Crippen LogP contribution in [0.25, 0.3) is 0 Å². The maximum absolute atomic E-state index is 11.4. The highest BCUT2D eigenvalue weighted by molar-refractivity contribution is 5.62. The van der Waals surface area contributed by atoms with Crippen LogP contribution in [0.1, 0.15) is 6.42 Å². The highest BCUT2D eigenvalue weighted by Gasteiger charge is 2.27. The fourth-order valence-electron chi connectivity index (χ4n) is 2.29. The van der Waals surface area contributed by atoms with Crippen LogP contribution in [0.4, 0.5) is 11.5 Å². The van der Waals surface area contributed by atoms with Crippen LogP contribution in [0.15, 0.2) is 4.79 Å². The lowest BCUT2D eigenvalue weighted by Crippen LogP contribution is -2.32. The molecule has 0 bridgehead atoms. The van der Waals surface area contributed by atoms with E-state index in [1.807, 2.05) is 7.05 Å². The minimum Gasteiger partial charge on any atom is -0.391 e. The predicted octanol–water partition coefficient (Wildman–Crippen LogP) is -0.564. The van der Waals surface area contributed by atoms with Gasteiger partial charge in [-0.2, -0.15) is 0 Å². The smallest absolute Gasteiger partial charge is 0.289 e. The number of hydrogen-bond acceptors (Lipinski definition) is 4. The molecule has 1 aliphatic rings. The minimum atomic E-state index is -0.203. The van der Waals surface area contributed by atoms with Gasteiger partial charge in [-0.1, -0.05) is 0 Å². The first-order chi connectivity index (χ1) is 7.50. The molecule has 1 aliphatic heterocycles. The average molecular weight is 225 g/mol. The number of aromatic amines is 1. The van der Waals surface area contributed by atoms with Crippen LogP contribution >= 0.6 is 0 Å². The summed E-state index contributed by atoms with van der Waals surface area (Å²) in [6.45, 7) is 1.86. The van der Waals surface area contributed by atoms with Crippen LogP contribution in [-0.4, -0.2) is 47.9 Å². The van der Waals surface area contributed by atoms with Crippen molar-refractivity contribution >= 4 is 11.5 Å². The van der Waals surface area contributed by atoms with Crippen molar-refractivity contribution in [1.29, 1.82) is 0 Å². The number of H-pyrrole nitrogens is 1. The van der Waals surface area contributed by atoms with Crippen molar-refractivity contribution in [3.63, 3.8) is 0 Å². The van der Waals surface area contributed by atoms with E-state index in [0.29, 0.717) is 11.7 Å². The van der Waals surface area contributed by atoms with E-state index in [0.717, 1.165) is 25.3 Å². The summed E-state index contributed by atoms with van der Waals surface area (Å²) >= 11 is 0. The number of likely N-dealkylation sites (N-methyl/N-ethyl adjacent to an activating group) is 1. The highest BCUT2D eigenvalue weighted by atomic mass is 16.1. The van der Waals surface area contributed by atoms with Gasteiger partial charge in [0.1, 0.15) is 5.69 Å². The molecule has 0 aromatic carbocycles. The lowest BCUT2D eigenvalue weighted by atomic mass is 10.2. The van der Waals surface area contributed by atoms with Gasteiger partial charge in [0.15, 0.2) is 5.82 Å². The molecule has 1 saturated heterocycles. The van der Waals surface area contributed by atoms with Crippen molar-refractivity contribution in [1.82, 2.24) is 14.7 Å². The molecule has 3 N–H and O–H groups in total. The zero-order valence-corrected chi connectivity index (χ0v) is 10.0. The summed E-state index contributed by atoms with van der Waals surface area (Å²) in [5.41, 5.74) is 5.90. The van der Waals surface area contributed by atoms with Crippen LogP contribution in [-0.2, 0) is 7.05 Å². The summed E-state index contributed by atoms with van der Waals surface area (Å²) in [6.07, 6.45) is 1.10. The molecule has 1 aromatic heterocycles. The second-order valence-electron chi connectivity index (χ2n) is 4.59. The van der Waals surface area contributed by atoms with Gasteiger partial charge in [-0.3, -0.25) is 14.6 Å². The Labute approximate surface area is 94.6 Å². The second kappa shape index (κ2) is 3.86. The summed E-state index contributed by atoms with van der Waals surface area (Å²) in [5, 5.41) is 2.68. The summed E-state index contributed by atoms with van der Waals surface area (Å²) < 4.78 is 1.70. The Morgan fingerprint density at radius 1 is 1.50 bits per heavy atom. The molecule has 0 spiro atoms. The Bertz CT molecular complexity index is 433. The molecule has 16 heavy (non-hydrogen) atoms. The zero-order chi connectivity index (χ0) is 11.9. The molecule has 1 unspecified atom stereocenters. The number of nitrogen functional groups attached to an aromatic ring is 1. The van der Waals surface area contributed by atoms with Gasteiger partial charge in [-0.25, -0.2) is 0 Å². The average Bonchev–Trinajstić information content (AvgIpc) is 2.74. The molecule has 1 aromatic rings. The van der Waals surface area contributed by atoms with Crippen molar-refractivity contribution in [2.45, 2.75) is 12.5 Å². The number of aromatic nitrogens is 2. The Morgan fingerprint density at radius 2 is 2.19 bits per heavy atom. The fraction of sp³-hybridized carbons (Fsp3) is 0.700. The number of nitrogens with two attached hydrogens (primary N) is 1. The molecule has 0 aliphatic carbocycles. The molecule has 6 heteroatoms. The molecule has 2 heterocycles. The molecule has 1 fully saturated rings. The van der Waals surface area contributed by atoms with Crippen LogP contribution in [0.2, 0.25) is 0 Å². The lowest BCUT2D eigenvalue weighted by molar-refractivity contribution is 0.315. The van der Waals surface area contributed by atoms with Gasteiger partial charge in [-0.05, 0) is 20.5 Å². The van der Waals surface area contributed by atoms with E-state index in [9.17, 15) is 4.79 Å². The van der Waals surface area contributed by atoms with Gasteiger partial charge in [0.05, 0.1) is 0 Å². The van der Waals surface area contributed by atoms with Gasteiger partial charge in [0, 0.05) is 26.2 Å². The van der Waals surface area contributed by atoms with Gasteiger partial charge < -0.3 is 15.5 Å². The molecule has 0 saturated carbocycles. The van der Waals surface area contributed by atoms with Gasteiger partial charge in [0.2, 0.25) is 0 Å². The lowest BCUT2D eigenvalue weighted by Gasteiger charge is -2.22. The largest absolute Gasteiger partial charge is 0.391 e. The predicted molar refractivity (Wildman–Crippen MR) is 64.8 cm³/mol. The molecular formula is C10H19N5O. The number of nitrogens with one attached hydrogen (secondary N) is 1. The minimum absolute atomic E-state index is 0.203. The summed E-state index contributed by atoms with van der Waals surface area (Å²) in [5.74, 6) is 0.814. The quantitative estimate of drug-likeness (QED) is 0.707. The third-order valence-electron chi connectivity index (χ3n) is 3.27. The summed E-state index contributed by atoms with van der Waals surface area (Å²) in [6, 6.07) is 0.532. The maximum atomic E-state index is 11.4. The Morgan fingerprint density at radius 3 is 2.62 bits per heavy atom. The van der Waals surface area contributed by atoms with E-state index < -0.39 is 0 Å². The van der Waals surface area contributed by atoms with E-state index in [1.54, 1.807) is 4.68 Å². The Balaban J connectivity index is 2.24. The first kappa shape index (κ1) is 11.1. The zero-order valence-electron chi connectivity index (χ0n) is 10.0. The maximum Gasteiger partial charge on any atom is 0.289 e. The van der Waals surface area contributed by atoms with E-state index in [4.69, 9.17) is 5.73 Å². The fourth-order valence-corrected chi connectivity index (χ4v) is 2.29. The molecule has 0 amide bonds. The van der Waals surface area contributed by atoms with Crippen LogP contribution < -0.4 is 16.2 Å². The van der Waals surface area contributed by atoms with Crippen molar-refractivity contribution < 1.29 is 0 Å². The number of anilines is 2. The van der Waals surface area contributed by atoms with Crippen LogP contribution in [0, 0.1) is 0 Å². The number of nitrogens with zero attached hydrogens (tertiary/aromatic N) is 3.